The molecule has 0 amide bonds. The normalized spacial score (nSPS) is 15.8. The average molecular weight is 638 g/mol. The van der Waals surface area contributed by atoms with Gasteiger partial charge in [-0.3, -0.25) is 9.36 Å². The number of rotatable bonds is 8. The lowest BCUT2D eigenvalue weighted by atomic mass is 10.0. The summed E-state index contributed by atoms with van der Waals surface area (Å²) in [4.78, 5) is 42.0. The molecule has 1 atom stereocenters. The maximum atomic E-state index is 14.3. The van der Waals surface area contributed by atoms with Crippen LogP contribution in [0.15, 0.2) is 37.6 Å². The molecule has 0 spiro atoms. The van der Waals surface area contributed by atoms with Gasteiger partial charge >= 0.3 is 11.7 Å². The van der Waals surface area contributed by atoms with Gasteiger partial charge in [0.15, 0.2) is 0 Å². The van der Waals surface area contributed by atoms with Gasteiger partial charge in [-0.15, -0.1) is 11.3 Å². The summed E-state index contributed by atoms with van der Waals surface area (Å²) in [6.07, 6.45) is 0.808. The van der Waals surface area contributed by atoms with E-state index in [4.69, 9.17) is 18.9 Å². The molecular weight excluding hydrogens is 600 g/mol. The number of aryl methyl sites for hydroxylation is 1. The van der Waals surface area contributed by atoms with Gasteiger partial charge in [0.25, 0.3) is 5.56 Å². The largest absolute Gasteiger partial charge is 0.496 e. The van der Waals surface area contributed by atoms with Crippen LogP contribution in [0.1, 0.15) is 64.7 Å². The first kappa shape index (κ1) is 30.5. The first-order chi connectivity index (χ1) is 18.8. The molecule has 1 aliphatic heterocycles. The molecule has 3 aromatic rings. The Labute approximate surface area is 246 Å². The zero-order valence-electron chi connectivity index (χ0n) is 24.0. The summed E-state index contributed by atoms with van der Waals surface area (Å²) < 4.78 is 26.7. The van der Waals surface area contributed by atoms with Crippen LogP contribution in [0.5, 0.6) is 5.75 Å². The van der Waals surface area contributed by atoms with Crippen molar-refractivity contribution in [2.75, 3.05) is 20.3 Å². The van der Waals surface area contributed by atoms with Crippen molar-refractivity contribution in [2.24, 2.45) is 0 Å². The van der Waals surface area contributed by atoms with Crippen molar-refractivity contribution < 1.29 is 23.7 Å². The Hall–Kier alpha value is -2.47. The molecular formula is C29H37BrN2O7S. The van der Waals surface area contributed by atoms with Crippen molar-refractivity contribution in [3.8, 4) is 5.75 Å². The molecule has 11 heteroatoms. The molecule has 9 nitrogen and oxygen atoms in total. The number of halogens is 1. The predicted octanol–water partition coefficient (Wildman–Crippen LogP) is 5.32. The number of hydrogen-bond donors (Lipinski definition) is 0. The number of ether oxygens (including phenoxy) is 4. The lowest BCUT2D eigenvalue weighted by Crippen LogP contribution is -2.54. The topological polar surface area (TPSA) is 98.0 Å². The van der Waals surface area contributed by atoms with E-state index >= 15 is 0 Å². The van der Waals surface area contributed by atoms with Crippen molar-refractivity contribution in [3.63, 3.8) is 0 Å². The third-order valence-corrected chi connectivity index (χ3v) is 9.15. The summed E-state index contributed by atoms with van der Waals surface area (Å²) in [5.74, 6) is -0.0356. The minimum absolute atomic E-state index is 0.0734. The third-order valence-electron chi connectivity index (χ3n) is 6.97. The van der Waals surface area contributed by atoms with Crippen LogP contribution in [0.3, 0.4) is 0 Å². The Balaban J connectivity index is 1.93. The molecule has 0 saturated carbocycles. The molecule has 0 N–H and O–H groups in total. The number of carbonyl (C=O) groups excluding carboxylic acids is 1. The van der Waals surface area contributed by atoms with Crippen LogP contribution in [0.4, 0.5) is 0 Å². The Morgan fingerprint density at radius 1 is 1.15 bits per heavy atom. The van der Waals surface area contributed by atoms with E-state index in [0.29, 0.717) is 34.7 Å². The van der Waals surface area contributed by atoms with Crippen LogP contribution in [0, 0.1) is 6.92 Å². The Morgan fingerprint density at radius 2 is 1.80 bits per heavy atom. The number of esters is 1. The first-order valence-electron chi connectivity index (χ1n) is 13.3. The highest BCUT2D eigenvalue weighted by molar-refractivity contribution is 9.11. The maximum absolute atomic E-state index is 14.3. The molecule has 1 fully saturated rings. The summed E-state index contributed by atoms with van der Waals surface area (Å²) >= 11 is 4.86. The highest BCUT2D eigenvalue weighted by Crippen LogP contribution is 2.36. The monoisotopic (exact) mass is 636 g/mol. The Kier molecular flexibility index (Phi) is 8.99. The molecule has 3 heterocycles. The fourth-order valence-corrected chi connectivity index (χ4v) is 6.51. The molecule has 218 valence electrons. The fraction of sp³-hybridized carbons (Fsp3) is 0.552. The number of nitrogens with zero attached hydrogens (tertiary/aromatic N) is 2. The molecule has 0 unspecified atom stereocenters. The molecule has 1 aliphatic rings. The van der Waals surface area contributed by atoms with E-state index in [1.807, 2.05) is 31.2 Å². The zero-order chi connectivity index (χ0) is 29.4. The average Bonchev–Trinajstić information content (AvgIpc) is 3.19. The number of fused-ring (bicyclic) bond motifs is 1. The minimum Gasteiger partial charge on any atom is -0.496 e. The zero-order valence-corrected chi connectivity index (χ0v) is 26.4. The summed E-state index contributed by atoms with van der Waals surface area (Å²) in [7, 11) is 1.60. The first-order valence-corrected chi connectivity index (χ1v) is 14.9. The lowest BCUT2D eigenvalue weighted by molar-refractivity contribution is -0.164. The second-order valence-electron chi connectivity index (χ2n) is 11.5. The van der Waals surface area contributed by atoms with E-state index in [1.54, 1.807) is 32.4 Å². The van der Waals surface area contributed by atoms with Crippen molar-refractivity contribution >= 4 is 43.5 Å². The summed E-state index contributed by atoms with van der Waals surface area (Å²) in [6, 6.07) is 7.55. The van der Waals surface area contributed by atoms with Crippen LogP contribution in [-0.4, -0.2) is 47.1 Å². The quantitative estimate of drug-likeness (QED) is 0.309. The predicted molar refractivity (Wildman–Crippen MR) is 159 cm³/mol. The van der Waals surface area contributed by atoms with Gasteiger partial charge in [0.1, 0.15) is 27.8 Å². The van der Waals surface area contributed by atoms with Crippen LogP contribution in [-0.2, 0) is 31.1 Å². The summed E-state index contributed by atoms with van der Waals surface area (Å²) in [5.41, 5.74) is -2.03. The molecule has 1 saturated heterocycles. The molecule has 1 aromatic carbocycles. The van der Waals surface area contributed by atoms with E-state index in [1.165, 1.54) is 25.2 Å². The highest BCUT2D eigenvalue weighted by atomic mass is 79.9. The minimum atomic E-state index is -1.57. The Morgan fingerprint density at radius 3 is 2.42 bits per heavy atom. The molecule has 0 radical (unpaired) electrons. The number of thiophene rings is 1. The van der Waals surface area contributed by atoms with Gasteiger partial charge in [-0.1, -0.05) is 18.2 Å². The van der Waals surface area contributed by atoms with E-state index in [-0.39, 0.29) is 12.6 Å². The van der Waals surface area contributed by atoms with Gasteiger partial charge in [-0.25, -0.2) is 14.2 Å². The van der Waals surface area contributed by atoms with Gasteiger partial charge in [0, 0.05) is 18.8 Å². The second kappa shape index (κ2) is 11.8. The molecule has 4 rings (SSSR count). The van der Waals surface area contributed by atoms with E-state index in [2.05, 4.69) is 15.9 Å². The van der Waals surface area contributed by atoms with Crippen LogP contribution in [0.2, 0.25) is 0 Å². The van der Waals surface area contributed by atoms with Crippen LogP contribution < -0.4 is 16.0 Å². The van der Waals surface area contributed by atoms with E-state index in [0.717, 1.165) is 26.8 Å². The van der Waals surface area contributed by atoms with Gasteiger partial charge in [0.2, 0.25) is 0 Å². The van der Waals surface area contributed by atoms with Gasteiger partial charge < -0.3 is 18.9 Å². The van der Waals surface area contributed by atoms with Crippen LogP contribution in [0.25, 0.3) is 10.2 Å². The summed E-state index contributed by atoms with van der Waals surface area (Å²) in [6.45, 7) is 11.4. The molecule has 0 bridgehead atoms. The van der Waals surface area contributed by atoms with Crippen LogP contribution >= 0.6 is 27.3 Å². The molecule has 0 aliphatic carbocycles. The highest BCUT2D eigenvalue weighted by Gasteiger charge is 2.39. The molecule has 40 heavy (non-hydrogen) atoms. The Bertz CT molecular complexity index is 1510. The molecule has 2 aromatic heterocycles. The maximum Gasteiger partial charge on any atom is 0.333 e. The SMILES string of the molecule is COc1ccccc1[C@H](Cn1c(=O)n(C(C)(C)C(=O)OC(C)(C)C)c(=O)c2c(C)c(Br)sc21)OC1CCOCC1. The van der Waals surface area contributed by atoms with Gasteiger partial charge in [0.05, 0.1) is 28.9 Å². The lowest BCUT2D eigenvalue weighted by Gasteiger charge is -2.31. The van der Waals surface area contributed by atoms with Crippen molar-refractivity contribution in [2.45, 2.75) is 84.3 Å². The number of hydrogen-bond acceptors (Lipinski definition) is 8. The van der Waals surface area contributed by atoms with Gasteiger partial charge in [-0.05, 0) is 81.9 Å². The number of carbonyl (C=O) groups is 1. The van der Waals surface area contributed by atoms with Crippen molar-refractivity contribution in [3.05, 3.63) is 60.0 Å². The van der Waals surface area contributed by atoms with Gasteiger partial charge in [-0.2, -0.15) is 0 Å². The standard InChI is InChI=1S/C29H37BrN2O7S/c1-17-22-24(33)32(29(5,6)26(34)39-28(2,3)4)27(35)31(25(22)40-23(17)30)16-21(38-18-12-14-37-15-13-18)19-10-8-9-11-20(19)36-7/h8-11,18,21H,12-16H2,1-7H3/t21-/m0/s1. The van der Waals surface area contributed by atoms with E-state index in [9.17, 15) is 14.4 Å². The smallest absolute Gasteiger partial charge is 0.333 e. The van der Waals surface area contributed by atoms with Crippen molar-refractivity contribution in [1.82, 2.24) is 9.13 Å². The van der Waals surface area contributed by atoms with E-state index < -0.39 is 34.5 Å². The third kappa shape index (κ3) is 6.07. The number of para-hydroxylation sites is 1. The second-order valence-corrected chi connectivity index (χ2v) is 13.8. The number of benzene rings is 1. The van der Waals surface area contributed by atoms with Crippen molar-refractivity contribution in [1.29, 1.82) is 0 Å². The number of methoxy groups -OCH3 is 1. The number of aromatic nitrogens is 2. The fourth-order valence-electron chi connectivity index (χ4n) is 4.82. The summed E-state index contributed by atoms with van der Waals surface area (Å²) in [5, 5.41) is 0.373.